The van der Waals surface area contributed by atoms with E-state index in [9.17, 15) is 4.79 Å². The van der Waals surface area contributed by atoms with Crippen molar-refractivity contribution in [1.82, 2.24) is 0 Å². The molecule has 168 valence electrons. The largest absolute Gasteiger partial charge is 0.493 e. The molecule has 0 saturated carbocycles. The molecule has 31 heavy (non-hydrogen) atoms. The Morgan fingerprint density at radius 2 is 1.71 bits per heavy atom. The number of unbranched alkanes of at least 4 members (excludes halogenated alkanes) is 4. The lowest BCUT2D eigenvalue weighted by Crippen LogP contribution is -2.12. The molecule has 2 aromatic rings. The zero-order valence-corrected chi connectivity index (χ0v) is 19.4. The number of esters is 1. The minimum atomic E-state index is -0.292. The quantitative estimate of drug-likeness (QED) is 0.177. The number of hydrogen-bond donors (Lipinski definition) is 0. The van der Waals surface area contributed by atoms with Crippen LogP contribution in [0.5, 0.6) is 5.75 Å². The molecule has 3 heteroatoms. The van der Waals surface area contributed by atoms with E-state index in [1.54, 1.807) is 0 Å². The summed E-state index contributed by atoms with van der Waals surface area (Å²) in [6.07, 6.45) is 12.4. The first-order chi connectivity index (χ1) is 15.2. The second kappa shape index (κ2) is 14.5. The fourth-order valence-corrected chi connectivity index (χ4v) is 3.18. The highest BCUT2D eigenvalue weighted by Gasteiger charge is 2.14. The van der Waals surface area contributed by atoms with Crippen LogP contribution in [0.15, 0.2) is 60.7 Å². The molecule has 0 heterocycles. The molecule has 2 aromatic carbocycles. The van der Waals surface area contributed by atoms with Gasteiger partial charge < -0.3 is 9.47 Å². The summed E-state index contributed by atoms with van der Waals surface area (Å²) < 4.78 is 11.6. The highest BCUT2D eigenvalue weighted by Crippen LogP contribution is 2.31. The summed E-state index contributed by atoms with van der Waals surface area (Å²) in [5.41, 5.74) is 2.61. The van der Waals surface area contributed by atoms with Crippen molar-refractivity contribution in [3.05, 3.63) is 66.2 Å². The van der Waals surface area contributed by atoms with Crippen molar-refractivity contribution in [2.75, 3.05) is 13.2 Å². The Kier molecular flexibility index (Phi) is 11.5. The van der Waals surface area contributed by atoms with Crippen molar-refractivity contribution >= 4 is 5.97 Å². The average Bonchev–Trinajstić information content (AvgIpc) is 2.81. The minimum Gasteiger partial charge on any atom is -0.493 e. The Morgan fingerprint density at radius 3 is 2.42 bits per heavy atom. The van der Waals surface area contributed by atoms with Crippen LogP contribution in [0.4, 0.5) is 0 Å². The maximum absolute atomic E-state index is 12.5. The molecule has 0 aliphatic rings. The SMILES string of the molecule is CCCCCC=CCCCOc1cc(C(=O)OCC(C)CC)ccc1-c1ccccc1. The number of ether oxygens (including phenoxy) is 2. The molecule has 0 radical (unpaired) electrons. The van der Waals surface area contributed by atoms with Crippen molar-refractivity contribution in [1.29, 1.82) is 0 Å². The van der Waals surface area contributed by atoms with Gasteiger partial charge >= 0.3 is 5.97 Å². The first-order valence-corrected chi connectivity index (χ1v) is 11.8. The second-order valence-electron chi connectivity index (χ2n) is 8.15. The van der Waals surface area contributed by atoms with Crippen LogP contribution >= 0.6 is 0 Å². The number of hydrogen-bond acceptors (Lipinski definition) is 3. The topological polar surface area (TPSA) is 35.5 Å². The minimum absolute atomic E-state index is 0.292. The van der Waals surface area contributed by atoms with Gasteiger partial charge in [0, 0.05) is 5.56 Å². The Bertz CT molecular complexity index is 795. The summed E-state index contributed by atoms with van der Waals surface area (Å²) in [6.45, 7) is 7.46. The fraction of sp³-hybridized carbons (Fsp3) is 0.464. The fourth-order valence-electron chi connectivity index (χ4n) is 3.18. The van der Waals surface area contributed by atoms with Crippen LogP contribution in [0.25, 0.3) is 11.1 Å². The molecule has 0 N–H and O–H groups in total. The third-order valence-corrected chi connectivity index (χ3v) is 5.41. The van der Waals surface area contributed by atoms with Gasteiger partial charge in [-0.2, -0.15) is 0 Å². The van der Waals surface area contributed by atoms with E-state index >= 15 is 0 Å². The molecule has 0 amide bonds. The average molecular weight is 423 g/mol. The lowest BCUT2D eigenvalue weighted by atomic mass is 10.0. The lowest BCUT2D eigenvalue weighted by Gasteiger charge is -2.14. The Balaban J connectivity index is 2.01. The van der Waals surface area contributed by atoms with Crippen molar-refractivity contribution in [2.45, 2.75) is 65.7 Å². The van der Waals surface area contributed by atoms with Gasteiger partial charge in [-0.25, -0.2) is 4.79 Å². The van der Waals surface area contributed by atoms with Gasteiger partial charge in [-0.05, 0) is 55.4 Å². The molecule has 0 saturated heterocycles. The van der Waals surface area contributed by atoms with Gasteiger partial charge in [-0.3, -0.25) is 0 Å². The summed E-state index contributed by atoms with van der Waals surface area (Å²) in [6, 6.07) is 15.7. The zero-order chi connectivity index (χ0) is 22.3. The van der Waals surface area contributed by atoms with E-state index in [-0.39, 0.29) is 5.97 Å². The Labute approximate surface area is 188 Å². The molecule has 0 bridgehead atoms. The third kappa shape index (κ3) is 9.00. The van der Waals surface area contributed by atoms with Gasteiger partial charge in [0.25, 0.3) is 0 Å². The summed E-state index contributed by atoms with van der Waals surface area (Å²) in [4.78, 5) is 12.5. The van der Waals surface area contributed by atoms with E-state index in [4.69, 9.17) is 9.47 Å². The lowest BCUT2D eigenvalue weighted by molar-refractivity contribution is 0.0446. The molecular weight excluding hydrogens is 384 g/mol. The van der Waals surface area contributed by atoms with Crippen molar-refractivity contribution in [3.8, 4) is 16.9 Å². The summed E-state index contributed by atoms with van der Waals surface area (Å²) in [5.74, 6) is 0.800. The van der Waals surface area contributed by atoms with Crippen LogP contribution in [0.1, 0.15) is 76.1 Å². The molecule has 0 aromatic heterocycles. The molecule has 0 spiro atoms. The van der Waals surface area contributed by atoms with Gasteiger partial charge in [-0.1, -0.05) is 82.5 Å². The van der Waals surface area contributed by atoms with Gasteiger partial charge in [0.05, 0.1) is 18.8 Å². The second-order valence-corrected chi connectivity index (χ2v) is 8.15. The third-order valence-electron chi connectivity index (χ3n) is 5.41. The van der Waals surface area contributed by atoms with Crippen LogP contribution in [0.2, 0.25) is 0 Å². The van der Waals surface area contributed by atoms with Crippen molar-refractivity contribution in [2.24, 2.45) is 5.92 Å². The number of carbonyl (C=O) groups is 1. The van der Waals surface area contributed by atoms with E-state index in [1.807, 2.05) is 36.4 Å². The first kappa shape index (κ1) is 24.7. The molecule has 1 unspecified atom stereocenters. The van der Waals surface area contributed by atoms with Gasteiger partial charge in [0.1, 0.15) is 5.75 Å². The van der Waals surface area contributed by atoms with E-state index in [1.165, 1.54) is 19.3 Å². The summed E-state index contributed by atoms with van der Waals surface area (Å²) >= 11 is 0. The predicted octanol–water partition coefficient (Wildman–Crippen LogP) is 7.85. The Morgan fingerprint density at radius 1 is 0.968 bits per heavy atom. The highest BCUT2D eigenvalue weighted by atomic mass is 16.5. The standard InChI is InChI=1S/C28H38O3/c1-4-6-7-8-9-10-11-15-20-30-27-21-25(28(29)31-22-23(3)5-2)18-19-26(27)24-16-13-12-14-17-24/h9-10,12-14,16-19,21,23H,4-8,11,15,20,22H2,1-3H3. The van der Waals surface area contributed by atoms with Crippen LogP contribution in [0, 0.1) is 5.92 Å². The monoisotopic (exact) mass is 422 g/mol. The molecule has 1 atom stereocenters. The number of benzene rings is 2. The molecule has 0 aliphatic carbocycles. The maximum atomic E-state index is 12.5. The smallest absolute Gasteiger partial charge is 0.338 e. The molecule has 3 nitrogen and oxygen atoms in total. The van der Waals surface area contributed by atoms with Crippen molar-refractivity contribution in [3.63, 3.8) is 0 Å². The predicted molar refractivity (Wildman–Crippen MR) is 130 cm³/mol. The Hall–Kier alpha value is -2.55. The van der Waals surface area contributed by atoms with Crippen LogP contribution < -0.4 is 4.74 Å². The maximum Gasteiger partial charge on any atom is 0.338 e. The van der Waals surface area contributed by atoms with Crippen LogP contribution in [-0.4, -0.2) is 19.2 Å². The summed E-state index contributed by atoms with van der Waals surface area (Å²) in [5, 5.41) is 0. The molecular formula is C28H38O3. The molecule has 0 aliphatic heterocycles. The summed E-state index contributed by atoms with van der Waals surface area (Å²) in [7, 11) is 0. The number of allylic oxidation sites excluding steroid dienone is 2. The number of carbonyl (C=O) groups excluding carboxylic acids is 1. The van der Waals surface area contributed by atoms with E-state index in [2.05, 4.69) is 45.1 Å². The van der Waals surface area contributed by atoms with Gasteiger partial charge in [0.2, 0.25) is 0 Å². The normalized spacial score (nSPS) is 12.1. The van der Waals surface area contributed by atoms with E-state index in [0.717, 1.165) is 42.6 Å². The molecule has 2 rings (SSSR count). The highest BCUT2D eigenvalue weighted by molar-refractivity contribution is 5.91. The van der Waals surface area contributed by atoms with Crippen molar-refractivity contribution < 1.29 is 14.3 Å². The first-order valence-electron chi connectivity index (χ1n) is 11.8. The zero-order valence-electron chi connectivity index (χ0n) is 19.4. The van der Waals surface area contributed by atoms with Gasteiger partial charge in [0.15, 0.2) is 0 Å². The van der Waals surface area contributed by atoms with Crippen LogP contribution in [0.3, 0.4) is 0 Å². The molecule has 0 fully saturated rings. The van der Waals surface area contributed by atoms with Gasteiger partial charge in [-0.15, -0.1) is 0 Å². The van der Waals surface area contributed by atoms with E-state index in [0.29, 0.717) is 24.7 Å². The van der Waals surface area contributed by atoms with Crippen LogP contribution in [-0.2, 0) is 4.74 Å². The van der Waals surface area contributed by atoms with E-state index < -0.39 is 0 Å². The number of rotatable bonds is 14.